The number of halogens is 1. The highest BCUT2D eigenvalue weighted by Crippen LogP contribution is 2.44. The van der Waals surface area contributed by atoms with Gasteiger partial charge in [0.1, 0.15) is 19.3 Å². The maximum Gasteiger partial charge on any atom is 0.338 e. The van der Waals surface area contributed by atoms with Gasteiger partial charge in [-0.25, -0.2) is 4.79 Å². The van der Waals surface area contributed by atoms with E-state index in [2.05, 4.69) is 22.6 Å². The number of rotatable bonds is 9. The Kier molecular flexibility index (Phi) is 7.69. The maximum absolute atomic E-state index is 12.8. The zero-order valence-electron chi connectivity index (χ0n) is 19.1. The lowest BCUT2D eigenvalue weighted by Crippen LogP contribution is -2.35. The summed E-state index contributed by atoms with van der Waals surface area (Å²) in [4.78, 5) is 24.8. The minimum atomic E-state index is -0.857. The molecule has 0 aromatic heterocycles. The van der Waals surface area contributed by atoms with Crippen LogP contribution in [0.3, 0.4) is 0 Å². The number of ether oxygens (including phenoxy) is 4. The van der Waals surface area contributed by atoms with Crippen LogP contribution >= 0.6 is 22.6 Å². The van der Waals surface area contributed by atoms with Crippen molar-refractivity contribution in [3.8, 4) is 22.6 Å². The standard InChI is InChI=1S/C25H29IO6/c1-6-15(7-2)32-24(28)25(3,4)14-31-21-17(11-12-20(26)22(21)29-5)16-9-8-10-18-19(16)13-30-23(18)27/h8-12,15H,6-7,13-14H2,1-5H3. The van der Waals surface area contributed by atoms with E-state index in [1.807, 2.05) is 52.0 Å². The molecule has 0 unspecified atom stereocenters. The number of carbonyl (C=O) groups excluding carboxylic acids is 2. The lowest BCUT2D eigenvalue weighted by molar-refractivity contribution is -0.161. The summed E-state index contributed by atoms with van der Waals surface area (Å²) in [6, 6.07) is 9.39. The maximum atomic E-state index is 12.8. The van der Waals surface area contributed by atoms with E-state index in [0.29, 0.717) is 17.1 Å². The summed E-state index contributed by atoms with van der Waals surface area (Å²) in [5.41, 5.74) is 2.14. The Bertz CT molecular complexity index is 1010. The van der Waals surface area contributed by atoms with Gasteiger partial charge in [-0.3, -0.25) is 4.79 Å². The molecule has 172 valence electrons. The fraction of sp³-hybridized carbons (Fsp3) is 0.440. The summed E-state index contributed by atoms with van der Waals surface area (Å²) < 4.78 is 23.7. The number of fused-ring (bicyclic) bond motifs is 1. The molecule has 1 aliphatic rings. The number of esters is 2. The van der Waals surface area contributed by atoms with E-state index >= 15 is 0 Å². The normalized spacial score (nSPS) is 13.0. The van der Waals surface area contributed by atoms with E-state index in [9.17, 15) is 9.59 Å². The molecule has 1 aliphatic heterocycles. The highest BCUT2D eigenvalue weighted by atomic mass is 127. The van der Waals surface area contributed by atoms with Crippen molar-refractivity contribution in [3.63, 3.8) is 0 Å². The van der Waals surface area contributed by atoms with Crippen molar-refractivity contribution in [2.24, 2.45) is 5.41 Å². The Morgan fingerprint density at radius 3 is 2.44 bits per heavy atom. The van der Waals surface area contributed by atoms with Gasteiger partial charge < -0.3 is 18.9 Å². The van der Waals surface area contributed by atoms with E-state index in [0.717, 1.165) is 33.1 Å². The molecule has 0 saturated heterocycles. The first-order valence-corrected chi connectivity index (χ1v) is 11.8. The van der Waals surface area contributed by atoms with Crippen molar-refractivity contribution in [2.75, 3.05) is 13.7 Å². The zero-order chi connectivity index (χ0) is 23.5. The Labute approximate surface area is 202 Å². The van der Waals surface area contributed by atoms with Gasteiger partial charge in [0.15, 0.2) is 11.5 Å². The van der Waals surface area contributed by atoms with Gasteiger partial charge >= 0.3 is 11.9 Å². The largest absolute Gasteiger partial charge is 0.492 e. The van der Waals surface area contributed by atoms with Crippen molar-refractivity contribution < 1.29 is 28.5 Å². The van der Waals surface area contributed by atoms with Crippen molar-refractivity contribution in [1.82, 2.24) is 0 Å². The predicted molar refractivity (Wildman–Crippen MR) is 130 cm³/mol. The van der Waals surface area contributed by atoms with Crippen LogP contribution in [-0.2, 0) is 20.9 Å². The monoisotopic (exact) mass is 552 g/mol. The Hall–Kier alpha value is -2.29. The van der Waals surface area contributed by atoms with E-state index in [1.165, 1.54) is 0 Å². The number of hydrogen-bond donors (Lipinski definition) is 0. The summed E-state index contributed by atoms with van der Waals surface area (Å²) in [6.45, 7) is 7.95. The average molecular weight is 552 g/mol. The molecule has 0 bridgehead atoms. The molecule has 0 amide bonds. The Morgan fingerprint density at radius 1 is 1.09 bits per heavy atom. The molecule has 0 radical (unpaired) electrons. The minimum absolute atomic E-state index is 0.103. The molecule has 0 fully saturated rings. The van der Waals surface area contributed by atoms with Gasteiger partial charge in [0.2, 0.25) is 0 Å². The Morgan fingerprint density at radius 2 is 1.78 bits per heavy atom. The first-order chi connectivity index (χ1) is 15.2. The third-order valence-electron chi connectivity index (χ3n) is 5.62. The third kappa shape index (κ3) is 4.87. The molecule has 2 aromatic rings. The third-order valence-corrected chi connectivity index (χ3v) is 6.47. The van der Waals surface area contributed by atoms with Gasteiger partial charge in [0, 0.05) is 11.1 Å². The fourth-order valence-electron chi connectivity index (χ4n) is 3.56. The SMILES string of the molecule is CCC(CC)OC(=O)C(C)(C)COc1c(-c2cccc3c2COC3=O)ccc(I)c1OC. The smallest absolute Gasteiger partial charge is 0.338 e. The van der Waals surface area contributed by atoms with Crippen LogP contribution in [0.4, 0.5) is 0 Å². The topological polar surface area (TPSA) is 71.1 Å². The second kappa shape index (κ2) is 10.1. The summed E-state index contributed by atoms with van der Waals surface area (Å²) in [7, 11) is 1.59. The van der Waals surface area contributed by atoms with E-state index in [1.54, 1.807) is 13.2 Å². The lowest BCUT2D eigenvalue weighted by Gasteiger charge is -2.27. The highest BCUT2D eigenvalue weighted by molar-refractivity contribution is 14.1. The second-order valence-corrected chi connectivity index (χ2v) is 9.54. The molecule has 1 heterocycles. The molecular weight excluding hydrogens is 523 g/mol. The summed E-state index contributed by atoms with van der Waals surface area (Å²) >= 11 is 2.19. The van der Waals surface area contributed by atoms with E-state index < -0.39 is 5.41 Å². The van der Waals surface area contributed by atoms with Gasteiger partial charge in [0.05, 0.1) is 21.7 Å². The highest BCUT2D eigenvalue weighted by Gasteiger charge is 2.33. The number of hydrogen-bond acceptors (Lipinski definition) is 6. The van der Waals surface area contributed by atoms with Crippen LogP contribution in [0.5, 0.6) is 11.5 Å². The molecule has 0 saturated carbocycles. The molecule has 32 heavy (non-hydrogen) atoms. The fourth-order valence-corrected chi connectivity index (χ4v) is 4.21. The Balaban J connectivity index is 1.96. The lowest BCUT2D eigenvalue weighted by atomic mass is 9.94. The van der Waals surface area contributed by atoms with Gasteiger partial charge in [-0.1, -0.05) is 26.0 Å². The predicted octanol–water partition coefficient (Wildman–Crippen LogP) is 5.77. The van der Waals surface area contributed by atoms with Crippen LogP contribution < -0.4 is 9.47 Å². The van der Waals surface area contributed by atoms with Crippen molar-refractivity contribution >= 4 is 34.5 Å². The van der Waals surface area contributed by atoms with Gasteiger partial charge in [-0.2, -0.15) is 0 Å². The zero-order valence-corrected chi connectivity index (χ0v) is 21.3. The molecule has 2 aromatic carbocycles. The molecule has 6 nitrogen and oxygen atoms in total. The van der Waals surface area contributed by atoms with Crippen LogP contribution in [0.15, 0.2) is 30.3 Å². The van der Waals surface area contributed by atoms with E-state index in [4.69, 9.17) is 18.9 Å². The number of carbonyl (C=O) groups is 2. The summed E-state index contributed by atoms with van der Waals surface area (Å²) in [5, 5.41) is 0. The molecular formula is C25H29IO6. The molecule has 0 N–H and O–H groups in total. The summed E-state index contributed by atoms with van der Waals surface area (Å²) in [5.74, 6) is 0.481. The average Bonchev–Trinajstić information content (AvgIpc) is 3.17. The second-order valence-electron chi connectivity index (χ2n) is 8.38. The number of methoxy groups -OCH3 is 1. The van der Waals surface area contributed by atoms with E-state index in [-0.39, 0.29) is 31.3 Å². The van der Waals surface area contributed by atoms with Crippen LogP contribution in [0, 0.1) is 8.99 Å². The summed E-state index contributed by atoms with van der Waals surface area (Å²) in [6.07, 6.45) is 1.44. The minimum Gasteiger partial charge on any atom is -0.492 e. The van der Waals surface area contributed by atoms with Crippen LogP contribution in [-0.4, -0.2) is 31.8 Å². The van der Waals surface area contributed by atoms with Crippen LogP contribution in [0.1, 0.15) is 56.5 Å². The molecule has 0 spiro atoms. The quantitative estimate of drug-likeness (QED) is 0.291. The first kappa shape index (κ1) is 24.4. The number of benzene rings is 2. The van der Waals surface area contributed by atoms with Crippen molar-refractivity contribution in [2.45, 2.75) is 53.2 Å². The molecule has 0 atom stereocenters. The van der Waals surface area contributed by atoms with Crippen molar-refractivity contribution in [3.05, 3.63) is 45.0 Å². The van der Waals surface area contributed by atoms with Crippen LogP contribution in [0.2, 0.25) is 0 Å². The number of cyclic esters (lactones) is 1. The molecule has 7 heteroatoms. The van der Waals surface area contributed by atoms with Gasteiger partial charge in [-0.15, -0.1) is 0 Å². The molecule has 3 rings (SSSR count). The van der Waals surface area contributed by atoms with Gasteiger partial charge in [-0.05, 0) is 73.0 Å². The van der Waals surface area contributed by atoms with Crippen LogP contribution in [0.25, 0.3) is 11.1 Å². The van der Waals surface area contributed by atoms with Gasteiger partial charge in [0.25, 0.3) is 0 Å². The first-order valence-electron chi connectivity index (χ1n) is 10.7. The molecule has 0 aliphatic carbocycles. The van der Waals surface area contributed by atoms with Crippen molar-refractivity contribution in [1.29, 1.82) is 0 Å².